The number of phosphoric ester groups is 1. The van der Waals surface area contributed by atoms with E-state index in [1.165, 1.54) is 205 Å². The standard InChI is InChI=1S/C66H123N2O6P/c1-6-8-10-12-14-16-18-20-22-24-26-27-28-29-30-31-32-33-34-35-36-37-38-39-40-41-42-44-46-48-50-52-54-56-58-60-66(70)67-64(63-74-75(71,72)73-62-61-68(3,4)5)65(69)59-57-55-53-51-49-47-45-43-25-23-21-19-17-15-13-11-9-7-2/h8,10,14,16,20,22,26-27,49,51,57,59,64-65,69H,6-7,9,11-13,15,17-19,21,23-25,28-48,50,52-56,58,60-63H2,1-5H3,(H-,67,70,71,72)/p+1/b10-8-,16-14-,22-20-,27-26-,51-49+,59-57+. The number of hydrogen-bond acceptors (Lipinski definition) is 5. The van der Waals surface area contributed by atoms with Crippen LogP contribution in [0.25, 0.3) is 0 Å². The molecule has 0 rings (SSSR count). The molecule has 0 saturated carbocycles. The minimum Gasteiger partial charge on any atom is -0.387 e. The molecule has 8 nitrogen and oxygen atoms in total. The number of hydrogen-bond donors (Lipinski definition) is 3. The van der Waals surface area contributed by atoms with E-state index in [2.05, 4.69) is 79.9 Å². The molecule has 438 valence electrons. The molecular weight excluding hydrogens is 948 g/mol. The Kier molecular flexibility index (Phi) is 55.1. The fourth-order valence-corrected chi connectivity index (χ4v) is 9.96. The number of likely N-dealkylation sites (N-methyl/N-ethyl adjacent to an activating group) is 1. The molecule has 1 amide bonds. The molecule has 3 N–H and O–H groups in total. The second kappa shape index (κ2) is 56.7. The van der Waals surface area contributed by atoms with Gasteiger partial charge in [0.25, 0.3) is 0 Å². The molecule has 0 aromatic heterocycles. The van der Waals surface area contributed by atoms with E-state index in [-0.39, 0.29) is 19.1 Å². The van der Waals surface area contributed by atoms with Crippen LogP contribution in [0.1, 0.15) is 290 Å². The molecule has 0 fully saturated rings. The number of nitrogens with one attached hydrogen (secondary N) is 1. The van der Waals surface area contributed by atoms with Crippen molar-refractivity contribution in [1.29, 1.82) is 0 Å². The minimum atomic E-state index is -4.36. The van der Waals surface area contributed by atoms with E-state index in [0.29, 0.717) is 17.4 Å². The van der Waals surface area contributed by atoms with Gasteiger partial charge >= 0.3 is 7.82 Å². The number of rotatable bonds is 58. The number of unbranched alkanes of at least 4 members (excludes halogenated alkanes) is 35. The van der Waals surface area contributed by atoms with Gasteiger partial charge in [0.2, 0.25) is 5.91 Å². The van der Waals surface area contributed by atoms with Crippen molar-refractivity contribution >= 4 is 13.7 Å². The van der Waals surface area contributed by atoms with Crippen molar-refractivity contribution in [3.8, 4) is 0 Å². The highest BCUT2D eigenvalue weighted by Crippen LogP contribution is 2.43. The fourth-order valence-electron chi connectivity index (χ4n) is 9.23. The molecule has 9 heteroatoms. The average molecular weight is 1070 g/mol. The molecule has 0 aromatic rings. The van der Waals surface area contributed by atoms with Gasteiger partial charge in [-0.2, -0.15) is 0 Å². The molecule has 0 aliphatic heterocycles. The molecule has 0 aliphatic rings. The smallest absolute Gasteiger partial charge is 0.387 e. The minimum absolute atomic E-state index is 0.0560. The van der Waals surface area contributed by atoms with Gasteiger partial charge in [0, 0.05) is 6.42 Å². The summed E-state index contributed by atoms with van der Waals surface area (Å²) >= 11 is 0. The van der Waals surface area contributed by atoms with E-state index in [0.717, 1.165) is 64.2 Å². The molecular formula is C66H124N2O6P+. The molecule has 0 radical (unpaired) electrons. The lowest BCUT2D eigenvalue weighted by molar-refractivity contribution is -0.870. The SMILES string of the molecule is CC/C=C\C/C=C\C/C=C\C/C=C\CCCCCCCCCCCCCCCCCCCCCCCCC(=O)NC(COP(=O)(O)OCC[N+](C)(C)C)C(O)/C=C/CC/C=C/CCCCCCCCCCCCCC. The van der Waals surface area contributed by atoms with Gasteiger partial charge in [0.05, 0.1) is 39.9 Å². The van der Waals surface area contributed by atoms with Crippen LogP contribution < -0.4 is 5.32 Å². The van der Waals surface area contributed by atoms with Crippen LogP contribution in [-0.2, 0) is 18.4 Å². The Morgan fingerprint density at radius 3 is 1.23 bits per heavy atom. The van der Waals surface area contributed by atoms with Crippen molar-refractivity contribution in [2.45, 2.75) is 302 Å². The van der Waals surface area contributed by atoms with E-state index in [4.69, 9.17) is 9.05 Å². The summed E-state index contributed by atoms with van der Waals surface area (Å²) in [6.07, 6.45) is 78.9. The van der Waals surface area contributed by atoms with Gasteiger partial charge in [-0.15, -0.1) is 0 Å². The van der Waals surface area contributed by atoms with Gasteiger partial charge in [-0.1, -0.05) is 286 Å². The van der Waals surface area contributed by atoms with E-state index in [9.17, 15) is 19.4 Å². The number of amides is 1. The molecule has 75 heavy (non-hydrogen) atoms. The number of aliphatic hydroxyl groups is 1. The average Bonchev–Trinajstić information content (AvgIpc) is 3.37. The topological polar surface area (TPSA) is 105 Å². The third-order valence-corrected chi connectivity index (χ3v) is 15.1. The van der Waals surface area contributed by atoms with Crippen LogP contribution in [0.15, 0.2) is 72.9 Å². The number of allylic oxidation sites excluding steroid dienone is 11. The third-order valence-electron chi connectivity index (χ3n) is 14.2. The number of carbonyl (C=O) groups excluding carboxylic acids is 1. The molecule has 0 saturated heterocycles. The number of nitrogens with zero attached hydrogens (tertiary/aromatic N) is 1. The van der Waals surface area contributed by atoms with E-state index >= 15 is 0 Å². The fraction of sp³-hybridized carbons (Fsp3) is 0.803. The van der Waals surface area contributed by atoms with Crippen LogP contribution >= 0.6 is 7.82 Å². The zero-order valence-electron chi connectivity index (χ0n) is 50.0. The third kappa shape index (κ3) is 59.4. The number of phosphoric acid groups is 1. The molecule has 0 aliphatic carbocycles. The Bertz CT molecular complexity index is 1450. The van der Waals surface area contributed by atoms with Crippen molar-refractivity contribution in [3.05, 3.63) is 72.9 Å². The molecule has 0 bridgehead atoms. The second-order valence-electron chi connectivity index (χ2n) is 22.7. The lowest BCUT2D eigenvalue weighted by Gasteiger charge is -2.25. The summed E-state index contributed by atoms with van der Waals surface area (Å²) in [6.45, 7) is 4.71. The Morgan fingerprint density at radius 2 is 0.813 bits per heavy atom. The maximum Gasteiger partial charge on any atom is 0.472 e. The Labute approximate surface area is 465 Å². The van der Waals surface area contributed by atoms with E-state index < -0.39 is 20.0 Å². The molecule has 3 atom stereocenters. The summed E-state index contributed by atoms with van der Waals surface area (Å²) < 4.78 is 23.7. The van der Waals surface area contributed by atoms with Gasteiger partial charge < -0.3 is 19.8 Å². The van der Waals surface area contributed by atoms with Gasteiger partial charge in [0.15, 0.2) is 0 Å². The Hall–Kier alpha value is -2.06. The lowest BCUT2D eigenvalue weighted by atomic mass is 10.0. The van der Waals surface area contributed by atoms with Crippen LogP contribution in [-0.4, -0.2) is 73.4 Å². The first-order valence-corrected chi connectivity index (χ1v) is 33.3. The van der Waals surface area contributed by atoms with Crippen LogP contribution in [0.5, 0.6) is 0 Å². The van der Waals surface area contributed by atoms with Crippen molar-refractivity contribution < 1.29 is 32.9 Å². The van der Waals surface area contributed by atoms with Gasteiger partial charge in [-0.25, -0.2) is 4.57 Å². The summed E-state index contributed by atoms with van der Waals surface area (Å²) in [5.74, 6) is -0.183. The predicted molar refractivity (Wildman–Crippen MR) is 327 cm³/mol. The molecule has 0 aromatic carbocycles. The maximum absolute atomic E-state index is 13.0. The van der Waals surface area contributed by atoms with E-state index in [1.807, 2.05) is 27.2 Å². The zero-order chi connectivity index (χ0) is 54.9. The van der Waals surface area contributed by atoms with Crippen molar-refractivity contribution in [2.75, 3.05) is 40.9 Å². The van der Waals surface area contributed by atoms with Crippen LogP contribution in [0.4, 0.5) is 0 Å². The Morgan fingerprint density at radius 1 is 0.467 bits per heavy atom. The van der Waals surface area contributed by atoms with Gasteiger partial charge in [0.1, 0.15) is 13.2 Å². The molecule has 3 unspecified atom stereocenters. The predicted octanol–water partition coefficient (Wildman–Crippen LogP) is 19.8. The van der Waals surface area contributed by atoms with E-state index in [1.54, 1.807) is 6.08 Å². The molecule has 0 heterocycles. The van der Waals surface area contributed by atoms with Crippen molar-refractivity contribution in [2.24, 2.45) is 0 Å². The zero-order valence-corrected chi connectivity index (χ0v) is 50.9. The number of quaternary nitrogens is 1. The highest BCUT2D eigenvalue weighted by atomic mass is 31.2. The highest BCUT2D eigenvalue weighted by molar-refractivity contribution is 7.47. The number of carbonyl (C=O) groups is 1. The van der Waals surface area contributed by atoms with Crippen LogP contribution in [0.3, 0.4) is 0 Å². The van der Waals surface area contributed by atoms with Crippen molar-refractivity contribution in [3.63, 3.8) is 0 Å². The van der Waals surface area contributed by atoms with Gasteiger partial charge in [-0.3, -0.25) is 13.8 Å². The normalized spacial score (nSPS) is 14.3. The second-order valence-corrected chi connectivity index (χ2v) is 24.2. The summed E-state index contributed by atoms with van der Waals surface area (Å²) in [5.41, 5.74) is 0. The number of aliphatic hydroxyl groups excluding tert-OH is 1. The summed E-state index contributed by atoms with van der Waals surface area (Å²) in [6, 6.07) is -0.864. The van der Waals surface area contributed by atoms with Gasteiger partial charge in [-0.05, 0) is 70.6 Å². The first-order valence-electron chi connectivity index (χ1n) is 31.8. The summed E-state index contributed by atoms with van der Waals surface area (Å²) in [7, 11) is 1.56. The molecule has 0 spiro atoms. The highest BCUT2D eigenvalue weighted by Gasteiger charge is 2.27. The summed E-state index contributed by atoms with van der Waals surface area (Å²) in [4.78, 5) is 23.3. The Balaban J connectivity index is 4.04. The first-order chi connectivity index (χ1) is 36.5. The van der Waals surface area contributed by atoms with Crippen LogP contribution in [0.2, 0.25) is 0 Å². The quantitative estimate of drug-likeness (QED) is 0.0243. The monoisotopic (exact) mass is 1070 g/mol. The first kappa shape index (κ1) is 72.9. The lowest BCUT2D eigenvalue weighted by Crippen LogP contribution is -2.45. The largest absolute Gasteiger partial charge is 0.472 e. The summed E-state index contributed by atoms with van der Waals surface area (Å²) in [5, 5.41) is 13.9. The van der Waals surface area contributed by atoms with Crippen LogP contribution in [0, 0.1) is 0 Å². The maximum atomic E-state index is 13.0. The van der Waals surface area contributed by atoms with Crippen molar-refractivity contribution in [1.82, 2.24) is 5.32 Å².